The maximum absolute atomic E-state index is 13.1. The molecule has 5 rings (SSSR count). The lowest BCUT2D eigenvalue weighted by Crippen LogP contribution is -2.55. The van der Waals surface area contributed by atoms with Gasteiger partial charge in [0.05, 0.1) is 0 Å². The van der Waals surface area contributed by atoms with E-state index in [0.717, 1.165) is 18.4 Å². The fourth-order valence-electron chi connectivity index (χ4n) is 9.05. The zero-order valence-electron chi connectivity index (χ0n) is 20.1. The van der Waals surface area contributed by atoms with Crippen molar-refractivity contribution in [3.05, 3.63) is 23.3 Å². The lowest BCUT2D eigenvalue weighted by atomic mass is 9.45. The molecule has 0 aromatic heterocycles. The van der Waals surface area contributed by atoms with E-state index in [1.165, 1.54) is 44.1 Å². The number of ketones is 1. The first-order chi connectivity index (χ1) is 14.7. The van der Waals surface area contributed by atoms with Crippen molar-refractivity contribution in [2.24, 2.45) is 46.3 Å². The van der Waals surface area contributed by atoms with Crippen molar-refractivity contribution in [1.29, 1.82) is 0 Å². The third kappa shape index (κ3) is 2.97. The van der Waals surface area contributed by atoms with Gasteiger partial charge in [0.25, 0.3) is 0 Å². The molecule has 0 aromatic rings. The van der Waals surface area contributed by atoms with Gasteiger partial charge in [-0.05, 0) is 106 Å². The number of cyclic esters (lactones) is 1. The molecule has 3 heteroatoms. The summed E-state index contributed by atoms with van der Waals surface area (Å²) in [6.45, 7) is 11.2. The number of allylic oxidation sites excluding steroid dienone is 2. The van der Waals surface area contributed by atoms with Crippen molar-refractivity contribution in [3.8, 4) is 0 Å². The molecule has 3 fully saturated rings. The van der Waals surface area contributed by atoms with Crippen molar-refractivity contribution in [2.45, 2.75) is 92.1 Å². The molecule has 0 amide bonds. The standard InChI is InChI=1S/C28H40O3/c1-16-15-24(31-26(30)17(16)2)18(3)21-11-12-22-20-10-9-19-7-6-8-25(29)28(19,5)23(20)13-14-27(21,22)4/h6,8,18-24H,7,9-15H2,1-5H3. The van der Waals surface area contributed by atoms with Crippen LogP contribution in [-0.2, 0) is 14.3 Å². The van der Waals surface area contributed by atoms with Crippen molar-refractivity contribution >= 4 is 11.8 Å². The first-order valence-electron chi connectivity index (χ1n) is 12.8. The van der Waals surface area contributed by atoms with Crippen LogP contribution in [0.1, 0.15) is 86.0 Å². The molecular weight excluding hydrogens is 384 g/mol. The number of hydrogen-bond donors (Lipinski definition) is 0. The second-order valence-corrected chi connectivity index (χ2v) is 12.1. The Balaban J connectivity index is 1.39. The molecule has 31 heavy (non-hydrogen) atoms. The lowest BCUT2D eigenvalue weighted by Gasteiger charge is -2.59. The van der Waals surface area contributed by atoms with Gasteiger partial charge < -0.3 is 4.74 Å². The zero-order chi connectivity index (χ0) is 22.1. The number of fused-ring (bicyclic) bond motifs is 5. The van der Waals surface area contributed by atoms with Gasteiger partial charge in [-0.1, -0.05) is 32.4 Å². The molecular formula is C28H40O3. The van der Waals surface area contributed by atoms with Crippen molar-refractivity contribution < 1.29 is 14.3 Å². The molecule has 0 radical (unpaired) electrons. The first-order valence-corrected chi connectivity index (χ1v) is 12.8. The SMILES string of the molecule is CC1=C(C)C(=O)OC(C(C)C2CCC3C4CCC5CC=CC(=O)C5(C)C4CCC23C)C1. The Morgan fingerprint density at radius 3 is 2.55 bits per heavy atom. The normalized spacial score (nSPS) is 48.0. The van der Waals surface area contributed by atoms with Crippen LogP contribution in [0.5, 0.6) is 0 Å². The van der Waals surface area contributed by atoms with Crippen LogP contribution in [0.4, 0.5) is 0 Å². The van der Waals surface area contributed by atoms with Crippen LogP contribution in [0.3, 0.4) is 0 Å². The highest BCUT2D eigenvalue weighted by atomic mass is 16.5. The summed E-state index contributed by atoms with van der Waals surface area (Å²) in [6.07, 6.45) is 13.5. The fourth-order valence-corrected chi connectivity index (χ4v) is 9.05. The average molecular weight is 425 g/mol. The molecule has 1 heterocycles. The fraction of sp³-hybridized carbons (Fsp3) is 0.786. The van der Waals surface area contributed by atoms with Crippen molar-refractivity contribution in [3.63, 3.8) is 0 Å². The van der Waals surface area contributed by atoms with Crippen molar-refractivity contribution in [2.75, 3.05) is 0 Å². The highest BCUT2D eigenvalue weighted by Crippen LogP contribution is 2.67. The summed E-state index contributed by atoms with van der Waals surface area (Å²) in [5.41, 5.74) is 2.18. The van der Waals surface area contributed by atoms with Gasteiger partial charge in [-0.2, -0.15) is 0 Å². The van der Waals surface area contributed by atoms with Gasteiger partial charge in [0, 0.05) is 17.4 Å². The minimum Gasteiger partial charge on any atom is -0.458 e. The summed E-state index contributed by atoms with van der Waals surface area (Å²) in [7, 11) is 0. The molecule has 3 nitrogen and oxygen atoms in total. The molecule has 0 aromatic carbocycles. The van der Waals surface area contributed by atoms with E-state index in [1.54, 1.807) is 0 Å². The molecule has 170 valence electrons. The van der Waals surface area contributed by atoms with Crippen LogP contribution >= 0.6 is 0 Å². The zero-order valence-corrected chi connectivity index (χ0v) is 20.1. The van der Waals surface area contributed by atoms with E-state index in [0.29, 0.717) is 46.7 Å². The minimum atomic E-state index is -0.138. The predicted octanol–water partition coefficient (Wildman–Crippen LogP) is 6.28. The average Bonchev–Trinajstić information content (AvgIpc) is 3.09. The number of carbonyl (C=O) groups is 2. The second-order valence-electron chi connectivity index (χ2n) is 12.1. The molecule has 9 atom stereocenters. The Labute approximate surface area is 188 Å². The summed E-state index contributed by atoms with van der Waals surface area (Å²) < 4.78 is 5.93. The number of ether oxygens (including phenoxy) is 1. The first kappa shape index (κ1) is 21.5. The smallest absolute Gasteiger partial charge is 0.333 e. The molecule has 0 bridgehead atoms. The lowest BCUT2D eigenvalue weighted by molar-refractivity contribution is -0.154. The summed E-state index contributed by atoms with van der Waals surface area (Å²) in [4.78, 5) is 25.5. The third-order valence-corrected chi connectivity index (χ3v) is 11.1. The third-order valence-electron chi connectivity index (χ3n) is 11.1. The monoisotopic (exact) mass is 424 g/mol. The number of esters is 1. The van der Waals surface area contributed by atoms with Crippen LogP contribution < -0.4 is 0 Å². The van der Waals surface area contributed by atoms with E-state index < -0.39 is 0 Å². The van der Waals surface area contributed by atoms with E-state index in [2.05, 4.69) is 33.8 Å². The summed E-state index contributed by atoms with van der Waals surface area (Å²) in [6, 6.07) is 0. The molecule has 1 aliphatic heterocycles. The maximum Gasteiger partial charge on any atom is 0.333 e. The predicted molar refractivity (Wildman–Crippen MR) is 122 cm³/mol. The van der Waals surface area contributed by atoms with Crippen LogP contribution in [0.25, 0.3) is 0 Å². The second kappa shape index (κ2) is 7.32. The van der Waals surface area contributed by atoms with Gasteiger partial charge >= 0.3 is 5.97 Å². The number of carbonyl (C=O) groups excluding carboxylic acids is 2. The van der Waals surface area contributed by atoms with Crippen molar-refractivity contribution in [1.82, 2.24) is 0 Å². The van der Waals surface area contributed by atoms with Gasteiger partial charge in [-0.25, -0.2) is 4.79 Å². The Morgan fingerprint density at radius 2 is 1.81 bits per heavy atom. The number of rotatable bonds is 2. The Hall–Kier alpha value is -1.38. The van der Waals surface area contributed by atoms with Gasteiger partial charge in [-0.15, -0.1) is 0 Å². The Kier molecular flexibility index (Phi) is 5.07. The van der Waals surface area contributed by atoms with Gasteiger partial charge in [0.1, 0.15) is 6.10 Å². The van der Waals surface area contributed by atoms with E-state index in [-0.39, 0.29) is 17.5 Å². The van der Waals surface area contributed by atoms with E-state index >= 15 is 0 Å². The summed E-state index contributed by atoms with van der Waals surface area (Å²) in [5, 5.41) is 0. The molecule has 0 spiro atoms. The summed E-state index contributed by atoms with van der Waals surface area (Å²) >= 11 is 0. The minimum absolute atomic E-state index is 0.0211. The van der Waals surface area contributed by atoms with Gasteiger partial charge in [0.15, 0.2) is 5.78 Å². The topological polar surface area (TPSA) is 43.4 Å². The Morgan fingerprint density at radius 1 is 1.03 bits per heavy atom. The van der Waals surface area contributed by atoms with Crippen LogP contribution in [0.2, 0.25) is 0 Å². The van der Waals surface area contributed by atoms with E-state index in [1.807, 2.05) is 13.0 Å². The van der Waals surface area contributed by atoms with Crippen LogP contribution in [0.15, 0.2) is 23.3 Å². The highest BCUT2D eigenvalue weighted by Gasteiger charge is 2.62. The summed E-state index contributed by atoms with van der Waals surface area (Å²) in [5.74, 6) is 3.79. The Bertz CT molecular complexity index is 852. The number of hydrogen-bond acceptors (Lipinski definition) is 3. The molecule has 0 N–H and O–H groups in total. The largest absolute Gasteiger partial charge is 0.458 e. The maximum atomic E-state index is 13.1. The van der Waals surface area contributed by atoms with E-state index in [4.69, 9.17) is 4.74 Å². The molecule has 3 saturated carbocycles. The molecule has 9 unspecified atom stereocenters. The molecule has 4 aliphatic carbocycles. The van der Waals surface area contributed by atoms with Crippen LogP contribution in [0, 0.1) is 46.3 Å². The molecule has 5 aliphatic rings. The van der Waals surface area contributed by atoms with Gasteiger partial charge in [-0.3, -0.25) is 4.79 Å². The van der Waals surface area contributed by atoms with Gasteiger partial charge in [0.2, 0.25) is 0 Å². The van der Waals surface area contributed by atoms with Crippen LogP contribution in [-0.4, -0.2) is 17.9 Å². The quantitative estimate of drug-likeness (QED) is 0.490. The highest BCUT2D eigenvalue weighted by molar-refractivity contribution is 5.96. The van der Waals surface area contributed by atoms with E-state index in [9.17, 15) is 9.59 Å². The molecule has 0 saturated heterocycles.